The van der Waals surface area contributed by atoms with Crippen molar-refractivity contribution in [2.75, 3.05) is 5.75 Å². The molecule has 0 spiro atoms. The third-order valence-corrected chi connectivity index (χ3v) is 2.09. The molecule has 70 valence electrons. The summed E-state index contributed by atoms with van der Waals surface area (Å²) in [5.41, 5.74) is 0.431. The van der Waals surface area contributed by atoms with Crippen LogP contribution in [-0.4, -0.2) is 21.7 Å². The number of carbonyl (C=O) groups excluding carboxylic acids is 1. The maximum atomic E-state index is 10.2. The summed E-state index contributed by atoms with van der Waals surface area (Å²) < 4.78 is 0. The SMILES string of the molecule is CCSc1cnc(CC(=O)[O-])cn1.[Na+]. The third kappa shape index (κ3) is 4.95. The Morgan fingerprint density at radius 3 is 2.64 bits per heavy atom. The summed E-state index contributed by atoms with van der Waals surface area (Å²) in [6, 6.07) is 0. The Hall–Kier alpha value is -0.100. The van der Waals surface area contributed by atoms with Crippen molar-refractivity contribution < 1.29 is 39.5 Å². The van der Waals surface area contributed by atoms with Crippen molar-refractivity contribution in [3.8, 4) is 0 Å². The van der Waals surface area contributed by atoms with Crippen LogP contribution in [0.1, 0.15) is 12.6 Å². The first-order valence-electron chi connectivity index (χ1n) is 3.86. The van der Waals surface area contributed by atoms with Crippen LogP contribution in [0, 0.1) is 0 Å². The van der Waals surface area contributed by atoms with Gasteiger partial charge in [-0.25, -0.2) is 4.98 Å². The van der Waals surface area contributed by atoms with Crippen molar-refractivity contribution in [2.45, 2.75) is 18.4 Å². The quantitative estimate of drug-likeness (QED) is 0.397. The molecule has 0 bridgehead atoms. The second kappa shape index (κ2) is 7.23. The first-order valence-corrected chi connectivity index (χ1v) is 4.84. The predicted molar refractivity (Wildman–Crippen MR) is 47.1 cm³/mol. The average molecular weight is 220 g/mol. The molecule has 1 heterocycles. The van der Waals surface area contributed by atoms with Crippen molar-refractivity contribution in [3.05, 3.63) is 18.1 Å². The fourth-order valence-electron chi connectivity index (χ4n) is 0.805. The minimum absolute atomic E-state index is 0. The largest absolute Gasteiger partial charge is 1.00 e. The molecular formula is C8H9N2NaO2S. The molecule has 0 unspecified atom stereocenters. The Morgan fingerprint density at radius 1 is 1.50 bits per heavy atom. The monoisotopic (exact) mass is 220 g/mol. The molecule has 1 rings (SSSR count). The second-order valence-corrected chi connectivity index (χ2v) is 3.61. The molecule has 1 aromatic rings. The second-order valence-electron chi connectivity index (χ2n) is 2.33. The van der Waals surface area contributed by atoms with Gasteiger partial charge in [-0.1, -0.05) is 6.92 Å². The van der Waals surface area contributed by atoms with E-state index in [4.69, 9.17) is 0 Å². The van der Waals surface area contributed by atoms with Crippen LogP contribution in [-0.2, 0) is 11.2 Å². The van der Waals surface area contributed by atoms with E-state index in [1.54, 1.807) is 18.0 Å². The molecule has 14 heavy (non-hydrogen) atoms. The van der Waals surface area contributed by atoms with E-state index in [1.165, 1.54) is 6.20 Å². The smallest absolute Gasteiger partial charge is 0.550 e. The van der Waals surface area contributed by atoms with Gasteiger partial charge >= 0.3 is 29.6 Å². The van der Waals surface area contributed by atoms with E-state index in [1.807, 2.05) is 6.92 Å². The molecule has 0 aliphatic carbocycles. The number of aliphatic carboxylic acids is 1. The van der Waals surface area contributed by atoms with E-state index in [2.05, 4.69) is 9.97 Å². The van der Waals surface area contributed by atoms with Crippen molar-refractivity contribution in [3.63, 3.8) is 0 Å². The zero-order chi connectivity index (χ0) is 9.68. The summed E-state index contributed by atoms with van der Waals surface area (Å²) in [6.07, 6.45) is 2.87. The molecule has 0 radical (unpaired) electrons. The van der Waals surface area contributed by atoms with Crippen LogP contribution in [0.25, 0.3) is 0 Å². The Kier molecular flexibility index (Phi) is 7.17. The molecule has 4 nitrogen and oxygen atoms in total. The molecular weight excluding hydrogens is 211 g/mol. The number of hydrogen-bond donors (Lipinski definition) is 0. The Bertz CT molecular complexity index is 292. The van der Waals surface area contributed by atoms with Crippen molar-refractivity contribution in [1.82, 2.24) is 9.97 Å². The Labute approximate surface area is 109 Å². The van der Waals surface area contributed by atoms with E-state index >= 15 is 0 Å². The summed E-state index contributed by atoms with van der Waals surface area (Å²) in [6.45, 7) is 2.02. The fourth-order valence-corrected chi connectivity index (χ4v) is 1.35. The van der Waals surface area contributed by atoms with Gasteiger partial charge in [-0.3, -0.25) is 4.98 Å². The minimum atomic E-state index is -1.13. The van der Waals surface area contributed by atoms with E-state index < -0.39 is 5.97 Å². The van der Waals surface area contributed by atoms with Crippen LogP contribution in [0.2, 0.25) is 0 Å². The standard InChI is InChI=1S/C8H10N2O2S.Na/c1-2-13-7-5-9-6(4-10-7)3-8(11)12;/h4-5H,2-3H2,1H3,(H,11,12);/q;+1/p-1. The number of carboxylic acid groups (broad SMARTS) is 1. The number of carboxylic acids is 1. The van der Waals surface area contributed by atoms with Gasteiger partial charge in [-0.05, 0) is 5.75 Å². The maximum Gasteiger partial charge on any atom is 1.00 e. The zero-order valence-electron chi connectivity index (χ0n) is 8.19. The van der Waals surface area contributed by atoms with Crippen LogP contribution in [0.5, 0.6) is 0 Å². The summed E-state index contributed by atoms with van der Waals surface area (Å²) in [7, 11) is 0. The van der Waals surface area contributed by atoms with Gasteiger partial charge in [0.1, 0.15) is 5.03 Å². The van der Waals surface area contributed by atoms with Gasteiger partial charge in [0, 0.05) is 12.4 Å². The minimum Gasteiger partial charge on any atom is -0.550 e. The van der Waals surface area contributed by atoms with E-state index in [-0.39, 0.29) is 36.0 Å². The van der Waals surface area contributed by atoms with Gasteiger partial charge in [-0.2, -0.15) is 0 Å². The van der Waals surface area contributed by atoms with E-state index in [0.29, 0.717) is 5.69 Å². The molecule has 0 fully saturated rings. The van der Waals surface area contributed by atoms with E-state index in [0.717, 1.165) is 10.8 Å². The topological polar surface area (TPSA) is 65.9 Å². The van der Waals surface area contributed by atoms with Crippen molar-refractivity contribution >= 4 is 17.7 Å². The van der Waals surface area contributed by atoms with Gasteiger partial charge in [0.2, 0.25) is 0 Å². The van der Waals surface area contributed by atoms with Gasteiger partial charge in [0.05, 0.1) is 18.1 Å². The number of rotatable bonds is 4. The molecule has 1 aromatic heterocycles. The summed E-state index contributed by atoms with van der Waals surface area (Å²) in [4.78, 5) is 18.2. The molecule has 0 aliphatic rings. The Balaban J connectivity index is 0.00000169. The fraction of sp³-hybridized carbons (Fsp3) is 0.375. The molecule has 0 aliphatic heterocycles. The zero-order valence-corrected chi connectivity index (χ0v) is 11.0. The van der Waals surface area contributed by atoms with Crippen LogP contribution in [0.15, 0.2) is 17.4 Å². The molecule has 0 saturated heterocycles. The van der Waals surface area contributed by atoms with Crippen molar-refractivity contribution in [2.24, 2.45) is 0 Å². The maximum absolute atomic E-state index is 10.2. The van der Waals surface area contributed by atoms with Gasteiger partial charge < -0.3 is 9.90 Å². The summed E-state index contributed by atoms with van der Waals surface area (Å²) in [5.74, 6) is -0.209. The average Bonchev–Trinajstić information content (AvgIpc) is 2.08. The molecule has 0 aromatic carbocycles. The molecule has 0 atom stereocenters. The first kappa shape index (κ1) is 13.9. The molecule has 0 saturated carbocycles. The van der Waals surface area contributed by atoms with Crippen LogP contribution in [0.4, 0.5) is 0 Å². The summed E-state index contributed by atoms with van der Waals surface area (Å²) >= 11 is 1.57. The molecule has 0 amide bonds. The third-order valence-electron chi connectivity index (χ3n) is 1.30. The van der Waals surface area contributed by atoms with Gasteiger partial charge in [0.15, 0.2) is 0 Å². The number of aromatic nitrogens is 2. The number of hydrogen-bond acceptors (Lipinski definition) is 5. The molecule has 0 N–H and O–H groups in total. The number of thioether (sulfide) groups is 1. The predicted octanol–water partition coefficient (Wildman–Crippen LogP) is -3.11. The molecule has 6 heteroatoms. The van der Waals surface area contributed by atoms with E-state index in [9.17, 15) is 9.90 Å². The number of nitrogens with zero attached hydrogens (tertiary/aromatic N) is 2. The van der Waals surface area contributed by atoms with Crippen molar-refractivity contribution in [1.29, 1.82) is 0 Å². The first-order chi connectivity index (χ1) is 6.22. The Morgan fingerprint density at radius 2 is 2.21 bits per heavy atom. The van der Waals surface area contributed by atoms with Gasteiger partial charge in [0.25, 0.3) is 0 Å². The van der Waals surface area contributed by atoms with Gasteiger partial charge in [-0.15, -0.1) is 11.8 Å². The normalized spacial score (nSPS) is 9.21. The van der Waals surface area contributed by atoms with Crippen LogP contribution >= 0.6 is 11.8 Å². The summed E-state index contributed by atoms with van der Waals surface area (Å²) in [5, 5.41) is 11.0. The number of carbonyl (C=O) groups is 1. The van der Waals surface area contributed by atoms with Crippen LogP contribution < -0.4 is 34.7 Å². The van der Waals surface area contributed by atoms with Crippen LogP contribution in [0.3, 0.4) is 0 Å².